The van der Waals surface area contributed by atoms with Gasteiger partial charge in [0.1, 0.15) is 0 Å². The zero-order valence-electron chi connectivity index (χ0n) is 24.0. The van der Waals surface area contributed by atoms with Crippen LogP contribution in [0.25, 0.3) is 67.5 Å². The Bertz CT molecular complexity index is 2090. The molecule has 0 saturated heterocycles. The average molecular weight is 553 g/mol. The second kappa shape index (κ2) is 9.81. The Morgan fingerprint density at radius 2 is 1.00 bits per heavy atom. The van der Waals surface area contributed by atoms with Gasteiger partial charge in [0.25, 0.3) is 0 Å². The maximum absolute atomic E-state index is 5.29. The fourth-order valence-electron chi connectivity index (χ4n) is 6.46. The average Bonchev–Trinajstić information content (AvgIpc) is 3.32. The smallest absolute Gasteiger partial charge is 0.164 e. The molecule has 0 fully saturated rings. The number of benzene rings is 5. The molecule has 0 radical (unpaired) electrons. The molecule has 0 N–H and O–H groups in total. The van der Waals surface area contributed by atoms with Crippen LogP contribution < -0.4 is 0 Å². The minimum absolute atomic E-state index is 0.149. The molecule has 2 aromatic heterocycles. The van der Waals surface area contributed by atoms with Gasteiger partial charge in [-0.1, -0.05) is 135 Å². The summed E-state index contributed by atoms with van der Waals surface area (Å²) in [5, 5.41) is 1.20. The number of para-hydroxylation sites is 1. The Kier molecular flexibility index (Phi) is 5.76. The number of nitrogens with zero attached hydrogens (tertiary/aromatic N) is 4. The monoisotopic (exact) mass is 552 g/mol. The number of rotatable bonds is 4. The van der Waals surface area contributed by atoms with Gasteiger partial charge in [-0.3, -0.25) is 0 Å². The first-order chi connectivity index (χ1) is 21.1. The van der Waals surface area contributed by atoms with Gasteiger partial charge >= 0.3 is 0 Å². The van der Waals surface area contributed by atoms with E-state index in [-0.39, 0.29) is 5.41 Å². The number of hydrogen-bond donors (Lipinski definition) is 0. The van der Waals surface area contributed by atoms with Gasteiger partial charge in [0, 0.05) is 38.6 Å². The van der Waals surface area contributed by atoms with E-state index in [1.165, 1.54) is 27.6 Å². The van der Waals surface area contributed by atoms with Crippen LogP contribution in [0.3, 0.4) is 0 Å². The van der Waals surface area contributed by atoms with E-state index in [2.05, 4.69) is 86.6 Å². The summed E-state index contributed by atoms with van der Waals surface area (Å²) in [6, 6.07) is 45.9. The number of aromatic nitrogens is 4. The second-order valence-electron chi connectivity index (χ2n) is 11.5. The Morgan fingerprint density at radius 3 is 1.70 bits per heavy atom. The third-order valence-electron chi connectivity index (χ3n) is 8.48. The highest BCUT2D eigenvalue weighted by Gasteiger charge is 2.39. The molecule has 0 unspecified atom stereocenters. The molecule has 7 aromatic rings. The van der Waals surface area contributed by atoms with E-state index < -0.39 is 0 Å². The van der Waals surface area contributed by atoms with Crippen molar-refractivity contribution in [2.24, 2.45) is 0 Å². The first-order valence-corrected chi connectivity index (χ1v) is 14.6. The van der Waals surface area contributed by atoms with Crippen LogP contribution in [-0.4, -0.2) is 19.9 Å². The summed E-state index contributed by atoms with van der Waals surface area (Å²) < 4.78 is 0. The molecule has 0 atom stereocenters. The SMILES string of the molecule is CC1(C)c2ccccc2-c2c(-c3cccc(-c4nc(-c5ccccc5)nc(-c5ccccc5)n4)c3)nc3ccccc3c21. The molecule has 0 spiro atoms. The zero-order valence-corrected chi connectivity index (χ0v) is 24.0. The molecule has 5 aromatic carbocycles. The molecule has 43 heavy (non-hydrogen) atoms. The van der Waals surface area contributed by atoms with Gasteiger partial charge in [-0.25, -0.2) is 19.9 Å². The number of hydrogen-bond acceptors (Lipinski definition) is 4. The van der Waals surface area contributed by atoms with E-state index in [4.69, 9.17) is 19.9 Å². The standard InChI is InChI=1S/C39H28N4/c1-39(2)31-22-11-9-20-29(31)33-34(39)30-21-10-12-23-32(30)40-35(33)27-18-13-19-28(24-27)38-42-36(25-14-5-3-6-15-25)41-37(43-38)26-16-7-4-8-17-26/h3-24H,1-2H3. The van der Waals surface area contributed by atoms with Crippen LogP contribution >= 0.6 is 0 Å². The first kappa shape index (κ1) is 25.2. The molecule has 204 valence electrons. The highest BCUT2D eigenvalue weighted by Crippen LogP contribution is 2.54. The Hall–Kier alpha value is -5.48. The van der Waals surface area contributed by atoms with Gasteiger partial charge in [-0.2, -0.15) is 0 Å². The lowest BCUT2D eigenvalue weighted by Crippen LogP contribution is -2.15. The molecule has 1 aliphatic rings. The summed E-state index contributed by atoms with van der Waals surface area (Å²) in [7, 11) is 0. The van der Waals surface area contributed by atoms with E-state index >= 15 is 0 Å². The lowest BCUT2D eigenvalue weighted by Gasteiger charge is -2.23. The summed E-state index contributed by atoms with van der Waals surface area (Å²) in [4.78, 5) is 20.1. The lowest BCUT2D eigenvalue weighted by atomic mass is 9.80. The van der Waals surface area contributed by atoms with Gasteiger partial charge in [-0.05, 0) is 28.8 Å². The highest BCUT2D eigenvalue weighted by molar-refractivity contribution is 6.01. The molecule has 0 amide bonds. The van der Waals surface area contributed by atoms with Crippen LogP contribution in [0, 0.1) is 0 Å². The molecular formula is C39H28N4. The highest BCUT2D eigenvalue weighted by atomic mass is 15.0. The predicted octanol–water partition coefficient (Wildman–Crippen LogP) is 9.39. The second-order valence-corrected chi connectivity index (χ2v) is 11.5. The van der Waals surface area contributed by atoms with Gasteiger partial charge in [0.05, 0.1) is 11.2 Å². The normalized spacial score (nSPS) is 13.1. The Balaban J connectivity index is 1.35. The van der Waals surface area contributed by atoms with Crippen LogP contribution in [0.5, 0.6) is 0 Å². The lowest BCUT2D eigenvalue weighted by molar-refractivity contribution is 0.666. The van der Waals surface area contributed by atoms with Crippen molar-refractivity contribution in [2.75, 3.05) is 0 Å². The number of fused-ring (bicyclic) bond motifs is 5. The molecule has 1 aliphatic carbocycles. The van der Waals surface area contributed by atoms with Gasteiger partial charge in [0.2, 0.25) is 0 Å². The summed E-state index contributed by atoms with van der Waals surface area (Å²) in [5.74, 6) is 1.93. The molecule has 4 nitrogen and oxygen atoms in total. The minimum atomic E-state index is -0.149. The molecular weight excluding hydrogens is 524 g/mol. The largest absolute Gasteiger partial charge is 0.247 e. The van der Waals surface area contributed by atoms with E-state index in [9.17, 15) is 0 Å². The maximum Gasteiger partial charge on any atom is 0.164 e. The van der Waals surface area contributed by atoms with E-state index in [1.54, 1.807) is 0 Å². The third kappa shape index (κ3) is 4.14. The Morgan fingerprint density at radius 1 is 0.465 bits per heavy atom. The van der Waals surface area contributed by atoms with Gasteiger partial charge in [0.15, 0.2) is 17.5 Å². The summed E-state index contributed by atoms with van der Waals surface area (Å²) in [6.07, 6.45) is 0. The van der Waals surface area contributed by atoms with Crippen LogP contribution in [0.15, 0.2) is 133 Å². The van der Waals surface area contributed by atoms with Crippen LogP contribution in [0.1, 0.15) is 25.0 Å². The van der Waals surface area contributed by atoms with Crippen molar-refractivity contribution in [2.45, 2.75) is 19.3 Å². The fraction of sp³-hybridized carbons (Fsp3) is 0.0769. The summed E-state index contributed by atoms with van der Waals surface area (Å²) in [6.45, 7) is 4.65. The van der Waals surface area contributed by atoms with Crippen molar-refractivity contribution in [1.82, 2.24) is 19.9 Å². The van der Waals surface area contributed by atoms with E-state index in [0.717, 1.165) is 33.5 Å². The van der Waals surface area contributed by atoms with Crippen molar-refractivity contribution in [3.8, 4) is 56.5 Å². The van der Waals surface area contributed by atoms with Crippen LogP contribution in [0.4, 0.5) is 0 Å². The van der Waals surface area contributed by atoms with Crippen molar-refractivity contribution >= 4 is 10.9 Å². The first-order valence-electron chi connectivity index (χ1n) is 14.6. The van der Waals surface area contributed by atoms with Crippen molar-refractivity contribution in [1.29, 1.82) is 0 Å². The molecule has 0 bridgehead atoms. The van der Waals surface area contributed by atoms with E-state index in [1.807, 2.05) is 60.7 Å². The van der Waals surface area contributed by atoms with Crippen LogP contribution in [0.2, 0.25) is 0 Å². The Labute approximate surface area is 250 Å². The van der Waals surface area contributed by atoms with E-state index in [0.29, 0.717) is 17.5 Å². The summed E-state index contributed by atoms with van der Waals surface area (Å²) >= 11 is 0. The van der Waals surface area contributed by atoms with Gasteiger partial charge in [-0.15, -0.1) is 0 Å². The van der Waals surface area contributed by atoms with Crippen molar-refractivity contribution < 1.29 is 0 Å². The molecule has 4 heteroatoms. The summed E-state index contributed by atoms with van der Waals surface area (Å²) in [5.41, 5.74) is 10.8. The molecule has 8 rings (SSSR count). The topological polar surface area (TPSA) is 51.6 Å². The maximum atomic E-state index is 5.29. The van der Waals surface area contributed by atoms with Gasteiger partial charge < -0.3 is 0 Å². The molecule has 2 heterocycles. The minimum Gasteiger partial charge on any atom is -0.247 e. The fourth-order valence-corrected chi connectivity index (χ4v) is 6.46. The van der Waals surface area contributed by atoms with Crippen molar-refractivity contribution in [3.63, 3.8) is 0 Å². The quantitative estimate of drug-likeness (QED) is 0.218. The molecule has 0 aliphatic heterocycles. The predicted molar refractivity (Wildman–Crippen MR) is 174 cm³/mol. The van der Waals surface area contributed by atoms with Crippen molar-refractivity contribution in [3.05, 3.63) is 145 Å². The zero-order chi connectivity index (χ0) is 29.0. The number of pyridine rings is 1. The van der Waals surface area contributed by atoms with Crippen LogP contribution in [-0.2, 0) is 5.41 Å². The molecule has 0 saturated carbocycles. The third-order valence-corrected chi connectivity index (χ3v) is 8.48.